The van der Waals surface area contributed by atoms with Crippen LogP contribution in [0.4, 0.5) is 10.6 Å². The minimum Gasteiger partial charge on any atom is -0.480 e. The molecule has 0 aliphatic heterocycles. The Morgan fingerprint density at radius 3 is 2.62 bits per heavy atom. The minimum atomic E-state index is -1.13. The molecule has 0 saturated heterocycles. The molecule has 1 aromatic rings. The van der Waals surface area contributed by atoms with Gasteiger partial charge in [-0.25, -0.2) is 14.6 Å². The smallest absolute Gasteiger partial charge is 0.408 e. The van der Waals surface area contributed by atoms with Crippen molar-refractivity contribution in [2.45, 2.75) is 38.8 Å². The number of rotatable bonds is 5. The summed E-state index contributed by atoms with van der Waals surface area (Å²) in [6.07, 6.45) is 0.954. The van der Waals surface area contributed by atoms with Gasteiger partial charge in [0.25, 0.3) is 0 Å². The largest absolute Gasteiger partial charge is 0.480 e. The van der Waals surface area contributed by atoms with Gasteiger partial charge in [-0.05, 0) is 32.4 Å². The van der Waals surface area contributed by atoms with E-state index >= 15 is 0 Å². The predicted molar refractivity (Wildman–Crippen MR) is 78.3 cm³/mol. The number of carbonyl (C=O) groups is 2. The molecule has 116 valence electrons. The molecule has 0 aromatic carbocycles. The van der Waals surface area contributed by atoms with E-state index in [1.165, 1.54) is 0 Å². The van der Waals surface area contributed by atoms with Crippen LogP contribution in [-0.4, -0.2) is 40.8 Å². The molecule has 7 heteroatoms. The Bertz CT molecular complexity index is 511. The van der Waals surface area contributed by atoms with Crippen LogP contribution in [0.5, 0.6) is 0 Å². The number of amides is 1. The zero-order valence-electron chi connectivity index (χ0n) is 12.6. The number of anilines is 1. The number of alkyl carbamates (subject to hydrolysis) is 1. The van der Waals surface area contributed by atoms with E-state index in [1.54, 1.807) is 46.1 Å². The lowest BCUT2D eigenvalue weighted by Crippen LogP contribution is -2.44. The van der Waals surface area contributed by atoms with Crippen molar-refractivity contribution in [1.29, 1.82) is 0 Å². The summed E-state index contributed by atoms with van der Waals surface area (Å²) in [7, 11) is 1.70. The van der Waals surface area contributed by atoms with Crippen LogP contribution in [0.25, 0.3) is 0 Å². The van der Waals surface area contributed by atoms with Crippen LogP contribution < -0.4 is 10.6 Å². The number of pyridine rings is 1. The molecule has 0 saturated carbocycles. The predicted octanol–water partition coefficient (Wildman–Crippen LogP) is 1.64. The molecule has 1 rings (SSSR count). The number of aliphatic carboxylic acids is 1. The topological polar surface area (TPSA) is 101 Å². The summed E-state index contributed by atoms with van der Waals surface area (Å²) in [4.78, 5) is 27.1. The molecule has 21 heavy (non-hydrogen) atoms. The molecule has 7 nitrogen and oxygen atoms in total. The number of carboxylic acids is 1. The van der Waals surface area contributed by atoms with E-state index in [2.05, 4.69) is 15.6 Å². The standard InChI is InChI=1S/C14H21N3O4/c1-14(2,3)21-13(20)17-10(12(18)19)8-9-6-5-7-16-11(9)15-4/h5-7,10H,8H2,1-4H3,(H,15,16)(H,17,20)(H,18,19). The average Bonchev–Trinajstić information content (AvgIpc) is 2.36. The van der Waals surface area contributed by atoms with Gasteiger partial charge in [0.2, 0.25) is 0 Å². The van der Waals surface area contributed by atoms with Crippen LogP contribution in [0, 0.1) is 0 Å². The molecular weight excluding hydrogens is 274 g/mol. The zero-order valence-corrected chi connectivity index (χ0v) is 12.6. The van der Waals surface area contributed by atoms with Gasteiger partial charge in [0.15, 0.2) is 0 Å². The first kappa shape index (κ1) is 16.7. The fourth-order valence-electron chi connectivity index (χ4n) is 1.70. The number of carboxylic acid groups (broad SMARTS) is 1. The van der Waals surface area contributed by atoms with Crippen molar-refractivity contribution < 1.29 is 19.4 Å². The summed E-state index contributed by atoms with van der Waals surface area (Å²) >= 11 is 0. The molecule has 1 aromatic heterocycles. The van der Waals surface area contributed by atoms with Gasteiger partial charge in [-0.1, -0.05) is 6.07 Å². The number of nitrogens with zero attached hydrogens (tertiary/aromatic N) is 1. The van der Waals surface area contributed by atoms with Crippen LogP contribution in [0.1, 0.15) is 26.3 Å². The molecule has 1 unspecified atom stereocenters. The summed E-state index contributed by atoms with van der Waals surface area (Å²) in [6, 6.07) is 2.38. The Kier molecular flexibility index (Phi) is 5.52. The summed E-state index contributed by atoms with van der Waals surface area (Å²) in [5.74, 6) is -0.554. The number of aromatic nitrogens is 1. The molecule has 0 radical (unpaired) electrons. The Morgan fingerprint density at radius 1 is 1.43 bits per heavy atom. The quantitative estimate of drug-likeness (QED) is 0.763. The molecule has 0 spiro atoms. The first-order valence-corrected chi connectivity index (χ1v) is 6.57. The fourth-order valence-corrected chi connectivity index (χ4v) is 1.70. The highest BCUT2D eigenvalue weighted by molar-refractivity contribution is 5.80. The summed E-state index contributed by atoms with van der Waals surface area (Å²) in [6.45, 7) is 5.13. The Morgan fingerprint density at radius 2 is 2.10 bits per heavy atom. The van der Waals surface area contributed by atoms with Gasteiger partial charge in [0.1, 0.15) is 17.5 Å². The lowest BCUT2D eigenvalue weighted by Gasteiger charge is -2.22. The second-order valence-corrected chi connectivity index (χ2v) is 5.50. The van der Waals surface area contributed by atoms with Crippen molar-refractivity contribution >= 4 is 17.9 Å². The number of hydrogen-bond donors (Lipinski definition) is 3. The van der Waals surface area contributed by atoms with Crippen molar-refractivity contribution in [2.75, 3.05) is 12.4 Å². The highest BCUT2D eigenvalue weighted by Crippen LogP contribution is 2.14. The number of carbonyl (C=O) groups excluding carboxylic acids is 1. The first-order chi connectivity index (χ1) is 9.73. The van der Waals surface area contributed by atoms with Gasteiger partial charge >= 0.3 is 12.1 Å². The second-order valence-electron chi connectivity index (χ2n) is 5.50. The minimum absolute atomic E-state index is 0.110. The first-order valence-electron chi connectivity index (χ1n) is 6.57. The van der Waals surface area contributed by atoms with E-state index in [0.717, 1.165) is 0 Å². The van der Waals surface area contributed by atoms with Crippen LogP contribution in [0.15, 0.2) is 18.3 Å². The lowest BCUT2D eigenvalue weighted by atomic mass is 10.1. The fraction of sp³-hybridized carbons (Fsp3) is 0.500. The monoisotopic (exact) mass is 295 g/mol. The van der Waals surface area contributed by atoms with Gasteiger partial charge in [-0.15, -0.1) is 0 Å². The SMILES string of the molecule is CNc1ncccc1CC(NC(=O)OC(C)(C)C)C(=O)O. The van der Waals surface area contributed by atoms with Crippen LogP contribution in [0.3, 0.4) is 0 Å². The van der Waals surface area contributed by atoms with E-state index in [-0.39, 0.29) is 6.42 Å². The maximum absolute atomic E-state index is 11.7. The van der Waals surface area contributed by atoms with E-state index in [9.17, 15) is 14.7 Å². The maximum atomic E-state index is 11.7. The summed E-state index contributed by atoms with van der Waals surface area (Å²) in [5, 5.41) is 14.5. The maximum Gasteiger partial charge on any atom is 0.408 e. The van der Waals surface area contributed by atoms with Crippen molar-refractivity contribution in [3.05, 3.63) is 23.9 Å². The second kappa shape index (κ2) is 6.92. The third-order valence-electron chi connectivity index (χ3n) is 2.54. The Balaban J connectivity index is 2.79. The van der Waals surface area contributed by atoms with Crippen LogP contribution in [-0.2, 0) is 16.0 Å². The van der Waals surface area contributed by atoms with Crippen molar-refractivity contribution in [3.63, 3.8) is 0 Å². The Hall–Kier alpha value is -2.31. The normalized spacial score (nSPS) is 12.4. The van der Waals surface area contributed by atoms with Gasteiger partial charge < -0.3 is 20.5 Å². The van der Waals surface area contributed by atoms with Crippen molar-refractivity contribution in [2.24, 2.45) is 0 Å². The van der Waals surface area contributed by atoms with E-state index in [4.69, 9.17) is 4.74 Å². The molecule has 0 fully saturated rings. The van der Waals surface area contributed by atoms with Gasteiger partial charge in [-0.3, -0.25) is 0 Å². The lowest BCUT2D eigenvalue weighted by molar-refractivity contribution is -0.139. The molecule has 0 bridgehead atoms. The third-order valence-corrected chi connectivity index (χ3v) is 2.54. The van der Waals surface area contributed by atoms with Gasteiger partial charge in [0, 0.05) is 19.7 Å². The van der Waals surface area contributed by atoms with E-state index in [1.807, 2.05) is 0 Å². The summed E-state index contributed by atoms with van der Waals surface area (Å²) in [5.41, 5.74) is 0.0147. The molecular formula is C14H21N3O4. The molecule has 0 aliphatic carbocycles. The molecule has 1 atom stereocenters. The average molecular weight is 295 g/mol. The molecule has 0 aliphatic rings. The zero-order chi connectivity index (χ0) is 16.0. The van der Waals surface area contributed by atoms with Crippen LogP contribution in [0.2, 0.25) is 0 Å². The molecule has 1 amide bonds. The molecule has 3 N–H and O–H groups in total. The van der Waals surface area contributed by atoms with Gasteiger partial charge in [-0.2, -0.15) is 0 Å². The van der Waals surface area contributed by atoms with E-state index in [0.29, 0.717) is 11.4 Å². The van der Waals surface area contributed by atoms with Crippen molar-refractivity contribution in [1.82, 2.24) is 10.3 Å². The van der Waals surface area contributed by atoms with Gasteiger partial charge in [0.05, 0.1) is 0 Å². The van der Waals surface area contributed by atoms with E-state index < -0.39 is 23.7 Å². The highest BCUT2D eigenvalue weighted by atomic mass is 16.6. The number of hydrogen-bond acceptors (Lipinski definition) is 5. The number of ether oxygens (including phenoxy) is 1. The number of nitrogens with one attached hydrogen (secondary N) is 2. The van der Waals surface area contributed by atoms with Crippen LogP contribution >= 0.6 is 0 Å². The third kappa shape index (κ3) is 5.68. The molecule has 1 heterocycles. The highest BCUT2D eigenvalue weighted by Gasteiger charge is 2.25. The Labute approximate surface area is 123 Å². The summed E-state index contributed by atoms with van der Waals surface area (Å²) < 4.78 is 5.07. The van der Waals surface area contributed by atoms with Crippen molar-refractivity contribution in [3.8, 4) is 0 Å².